The van der Waals surface area contributed by atoms with Crippen LogP contribution < -0.4 is 5.73 Å². The van der Waals surface area contributed by atoms with Crippen LogP contribution in [0.15, 0.2) is 10.7 Å². The fourth-order valence-corrected chi connectivity index (χ4v) is 1.32. The maximum atomic E-state index is 5.44. The van der Waals surface area contributed by atoms with E-state index < -0.39 is 0 Å². The first-order valence-corrected chi connectivity index (χ1v) is 4.77. The van der Waals surface area contributed by atoms with Gasteiger partial charge in [0, 0.05) is 19.0 Å². The molecular weight excluding hydrogens is 218 g/mol. The van der Waals surface area contributed by atoms with Gasteiger partial charge in [-0.25, -0.2) is 9.97 Å². The molecule has 0 aliphatic rings. The summed E-state index contributed by atoms with van der Waals surface area (Å²) in [6.45, 7) is 2.66. The number of hydrogen-bond acceptors (Lipinski definition) is 3. The van der Waals surface area contributed by atoms with Crippen LogP contribution in [-0.4, -0.2) is 16.5 Å². The molecule has 4 heteroatoms. The highest BCUT2D eigenvalue weighted by Gasteiger charge is 2.02. The lowest BCUT2D eigenvalue weighted by Crippen LogP contribution is -2.07. The lowest BCUT2D eigenvalue weighted by Gasteiger charge is -2.02. The highest BCUT2D eigenvalue weighted by atomic mass is 79.9. The molecule has 1 rings (SSSR count). The lowest BCUT2D eigenvalue weighted by molar-refractivity contribution is 0.847. The van der Waals surface area contributed by atoms with Crippen molar-refractivity contribution in [3.63, 3.8) is 0 Å². The number of nitrogens with zero attached hydrogens (tertiary/aromatic N) is 2. The minimum Gasteiger partial charge on any atom is -0.330 e. The summed E-state index contributed by atoms with van der Waals surface area (Å²) in [5, 5.41) is 0. The molecule has 0 radical (unpaired) electrons. The summed E-state index contributed by atoms with van der Waals surface area (Å²) in [6.07, 6.45) is 3.46. The van der Waals surface area contributed by atoms with Gasteiger partial charge in [0.05, 0.1) is 10.2 Å². The normalized spacial score (nSPS) is 10.2. The summed E-state index contributed by atoms with van der Waals surface area (Å²) in [6, 6.07) is 0. The molecule has 2 N–H and O–H groups in total. The van der Waals surface area contributed by atoms with E-state index in [1.807, 2.05) is 6.92 Å². The smallest absolute Gasteiger partial charge is 0.128 e. The van der Waals surface area contributed by atoms with Crippen molar-refractivity contribution >= 4 is 15.9 Å². The molecule has 1 aromatic heterocycles. The first kappa shape index (κ1) is 9.61. The van der Waals surface area contributed by atoms with Gasteiger partial charge >= 0.3 is 0 Å². The van der Waals surface area contributed by atoms with Crippen molar-refractivity contribution in [3.8, 4) is 0 Å². The van der Waals surface area contributed by atoms with Crippen molar-refractivity contribution < 1.29 is 0 Å². The van der Waals surface area contributed by atoms with Crippen LogP contribution in [0.2, 0.25) is 0 Å². The Hall–Kier alpha value is -0.480. The van der Waals surface area contributed by atoms with E-state index in [1.54, 1.807) is 6.20 Å². The third kappa shape index (κ3) is 2.25. The largest absolute Gasteiger partial charge is 0.330 e. The Morgan fingerprint density at radius 2 is 2.33 bits per heavy atom. The van der Waals surface area contributed by atoms with Gasteiger partial charge in [-0.05, 0) is 22.5 Å². The summed E-state index contributed by atoms with van der Waals surface area (Å²) in [5.74, 6) is 0.877. The molecule has 12 heavy (non-hydrogen) atoms. The van der Waals surface area contributed by atoms with Crippen LogP contribution in [-0.2, 0) is 12.8 Å². The van der Waals surface area contributed by atoms with E-state index in [1.165, 1.54) is 0 Å². The quantitative estimate of drug-likeness (QED) is 0.851. The maximum absolute atomic E-state index is 5.44. The highest BCUT2D eigenvalue weighted by molar-refractivity contribution is 9.10. The van der Waals surface area contributed by atoms with Crippen molar-refractivity contribution in [2.45, 2.75) is 19.8 Å². The van der Waals surface area contributed by atoms with Gasteiger partial charge in [-0.1, -0.05) is 6.92 Å². The van der Waals surface area contributed by atoms with Crippen molar-refractivity contribution in [1.82, 2.24) is 9.97 Å². The molecule has 0 spiro atoms. The topological polar surface area (TPSA) is 51.8 Å². The summed E-state index contributed by atoms with van der Waals surface area (Å²) in [7, 11) is 0. The molecule has 0 saturated carbocycles. The van der Waals surface area contributed by atoms with Crippen LogP contribution in [0.1, 0.15) is 18.4 Å². The minimum atomic E-state index is 0.624. The zero-order valence-electron chi connectivity index (χ0n) is 7.05. The number of halogens is 1. The molecule has 0 amide bonds. The average molecular weight is 230 g/mol. The summed E-state index contributed by atoms with van der Waals surface area (Å²) in [4.78, 5) is 8.48. The zero-order valence-corrected chi connectivity index (χ0v) is 8.63. The molecule has 66 valence electrons. The van der Waals surface area contributed by atoms with Crippen LogP contribution in [0.4, 0.5) is 0 Å². The van der Waals surface area contributed by atoms with Crippen LogP contribution >= 0.6 is 15.9 Å². The molecule has 0 aromatic carbocycles. The SMILES string of the molecule is CCc1ncc(Br)c(CCN)n1. The van der Waals surface area contributed by atoms with Crippen LogP contribution in [0.3, 0.4) is 0 Å². The Morgan fingerprint density at radius 3 is 2.92 bits per heavy atom. The van der Waals surface area contributed by atoms with E-state index >= 15 is 0 Å². The van der Waals surface area contributed by atoms with Gasteiger partial charge in [0.25, 0.3) is 0 Å². The second kappa shape index (κ2) is 4.52. The number of rotatable bonds is 3. The predicted molar refractivity (Wildman–Crippen MR) is 51.9 cm³/mol. The Labute approximate surface area is 80.5 Å². The van der Waals surface area contributed by atoms with Crippen molar-refractivity contribution in [3.05, 3.63) is 22.2 Å². The second-order valence-corrected chi connectivity index (χ2v) is 3.33. The molecule has 0 atom stereocenters. The van der Waals surface area contributed by atoms with Gasteiger partial charge < -0.3 is 5.73 Å². The monoisotopic (exact) mass is 229 g/mol. The molecule has 0 aliphatic carbocycles. The van der Waals surface area contributed by atoms with E-state index in [0.29, 0.717) is 6.54 Å². The fraction of sp³-hybridized carbons (Fsp3) is 0.500. The van der Waals surface area contributed by atoms with Crippen LogP contribution in [0, 0.1) is 0 Å². The summed E-state index contributed by atoms with van der Waals surface area (Å²) >= 11 is 3.38. The van der Waals surface area contributed by atoms with Gasteiger partial charge in [-0.2, -0.15) is 0 Å². The number of aryl methyl sites for hydroxylation is 1. The molecular formula is C8H12BrN3. The number of nitrogens with two attached hydrogens (primary N) is 1. The van der Waals surface area contributed by atoms with E-state index in [2.05, 4.69) is 25.9 Å². The maximum Gasteiger partial charge on any atom is 0.128 e. The fourth-order valence-electron chi connectivity index (χ4n) is 0.926. The van der Waals surface area contributed by atoms with E-state index in [9.17, 15) is 0 Å². The second-order valence-electron chi connectivity index (χ2n) is 2.47. The Bertz CT molecular complexity index is 262. The molecule has 1 aromatic rings. The molecule has 0 saturated heterocycles. The van der Waals surface area contributed by atoms with Gasteiger partial charge in [0.2, 0.25) is 0 Å². The van der Waals surface area contributed by atoms with Crippen molar-refractivity contribution in [2.24, 2.45) is 5.73 Å². The third-order valence-electron chi connectivity index (χ3n) is 1.56. The zero-order chi connectivity index (χ0) is 8.97. The van der Waals surface area contributed by atoms with Crippen molar-refractivity contribution in [1.29, 1.82) is 0 Å². The summed E-state index contributed by atoms with van der Waals surface area (Å²) in [5.41, 5.74) is 6.44. The molecule has 3 nitrogen and oxygen atoms in total. The minimum absolute atomic E-state index is 0.624. The molecule has 0 aliphatic heterocycles. The first-order chi connectivity index (χ1) is 5.77. The molecule has 0 bridgehead atoms. The van der Waals surface area contributed by atoms with E-state index in [4.69, 9.17) is 5.73 Å². The number of aromatic nitrogens is 2. The van der Waals surface area contributed by atoms with E-state index in [0.717, 1.165) is 28.8 Å². The lowest BCUT2D eigenvalue weighted by atomic mass is 10.3. The number of hydrogen-bond donors (Lipinski definition) is 1. The third-order valence-corrected chi connectivity index (χ3v) is 2.23. The van der Waals surface area contributed by atoms with Gasteiger partial charge in [-0.15, -0.1) is 0 Å². The molecule has 1 heterocycles. The van der Waals surface area contributed by atoms with Crippen LogP contribution in [0.25, 0.3) is 0 Å². The Kier molecular flexibility index (Phi) is 3.62. The molecule has 0 fully saturated rings. The standard InChI is InChI=1S/C8H12BrN3/c1-2-8-11-5-6(9)7(12-8)3-4-10/h5H,2-4,10H2,1H3. The highest BCUT2D eigenvalue weighted by Crippen LogP contribution is 2.13. The Morgan fingerprint density at radius 1 is 1.58 bits per heavy atom. The van der Waals surface area contributed by atoms with Gasteiger partial charge in [0.1, 0.15) is 5.82 Å². The van der Waals surface area contributed by atoms with Gasteiger partial charge in [0.15, 0.2) is 0 Å². The van der Waals surface area contributed by atoms with E-state index in [-0.39, 0.29) is 0 Å². The average Bonchev–Trinajstić information content (AvgIpc) is 2.09. The first-order valence-electron chi connectivity index (χ1n) is 3.98. The summed E-state index contributed by atoms with van der Waals surface area (Å²) < 4.78 is 0.949. The van der Waals surface area contributed by atoms with Crippen molar-refractivity contribution in [2.75, 3.05) is 6.54 Å². The van der Waals surface area contributed by atoms with Crippen LogP contribution in [0.5, 0.6) is 0 Å². The molecule has 0 unspecified atom stereocenters. The predicted octanol–water partition coefficient (Wildman–Crippen LogP) is 1.30. The Balaban J connectivity index is 2.91. The van der Waals surface area contributed by atoms with Gasteiger partial charge in [-0.3, -0.25) is 0 Å².